The predicted octanol–water partition coefficient (Wildman–Crippen LogP) is 3.78. The number of fused-ring (bicyclic) bond motifs is 2. The van der Waals surface area contributed by atoms with Gasteiger partial charge in [0.1, 0.15) is 16.9 Å². The summed E-state index contributed by atoms with van der Waals surface area (Å²) in [6, 6.07) is 3.21. The Morgan fingerprint density at radius 2 is 1.92 bits per heavy atom. The van der Waals surface area contributed by atoms with Gasteiger partial charge in [0.15, 0.2) is 16.6 Å². The SMILES string of the molecule is COc1c2occc2c(OC)c2c(=O)cc(/C(=C\N(C)C)SC)oc12. The van der Waals surface area contributed by atoms with Gasteiger partial charge in [-0.2, -0.15) is 0 Å². The van der Waals surface area contributed by atoms with E-state index in [1.165, 1.54) is 38.3 Å². The molecule has 0 unspecified atom stereocenters. The molecule has 3 rings (SSSR count). The fraction of sp³-hybridized carbons (Fsp3) is 0.278. The first kappa shape index (κ1) is 17.3. The van der Waals surface area contributed by atoms with E-state index in [1.807, 2.05) is 31.5 Å². The molecule has 7 heteroatoms. The third-order valence-electron chi connectivity index (χ3n) is 3.74. The second-order valence-corrected chi connectivity index (χ2v) is 6.42. The normalized spacial score (nSPS) is 12.0. The van der Waals surface area contributed by atoms with Gasteiger partial charge in [0.25, 0.3) is 0 Å². The first-order valence-electron chi connectivity index (χ1n) is 7.53. The molecule has 0 bridgehead atoms. The summed E-state index contributed by atoms with van der Waals surface area (Å²) in [5.74, 6) is 1.26. The molecule has 0 aliphatic carbocycles. The first-order chi connectivity index (χ1) is 12.0. The molecule has 0 aliphatic heterocycles. The van der Waals surface area contributed by atoms with E-state index in [2.05, 4.69) is 0 Å². The average Bonchev–Trinajstić information content (AvgIpc) is 3.06. The molecule has 0 radical (unpaired) electrons. The summed E-state index contributed by atoms with van der Waals surface area (Å²) in [6.07, 6.45) is 5.34. The maximum atomic E-state index is 12.8. The van der Waals surface area contributed by atoms with E-state index in [0.29, 0.717) is 39.2 Å². The Bertz CT molecular complexity index is 1020. The maximum Gasteiger partial charge on any atom is 0.206 e. The van der Waals surface area contributed by atoms with E-state index < -0.39 is 0 Å². The number of ether oxygens (including phenoxy) is 2. The van der Waals surface area contributed by atoms with Crippen molar-refractivity contribution in [3.05, 3.63) is 40.6 Å². The number of rotatable bonds is 5. The Morgan fingerprint density at radius 1 is 1.20 bits per heavy atom. The molecule has 0 saturated heterocycles. The summed E-state index contributed by atoms with van der Waals surface area (Å²) >= 11 is 1.49. The molecule has 132 valence electrons. The van der Waals surface area contributed by atoms with E-state index in [-0.39, 0.29) is 5.43 Å². The van der Waals surface area contributed by atoms with Crippen molar-refractivity contribution in [2.45, 2.75) is 0 Å². The lowest BCUT2D eigenvalue weighted by atomic mass is 10.1. The fourth-order valence-electron chi connectivity index (χ4n) is 2.74. The second kappa shape index (κ2) is 6.76. The molecule has 0 amide bonds. The third kappa shape index (κ3) is 2.84. The summed E-state index contributed by atoms with van der Waals surface area (Å²) < 4.78 is 22.5. The zero-order valence-corrected chi connectivity index (χ0v) is 15.5. The van der Waals surface area contributed by atoms with Gasteiger partial charge in [-0.1, -0.05) is 0 Å². The van der Waals surface area contributed by atoms with Crippen LogP contribution in [0.2, 0.25) is 0 Å². The predicted molar refractivity (Wildman–Crippen MR) is 101 cm³/mol. The van der Waals surface area contributed by atoms with Crippen molar-refractivity contribution in [2.24, 2.45) is 0 Å². The number of benzene rings is 1. The smallest absolute Gasteiger partial charge is 0.206 e. The van der Waals surface area contributed by atoms with Gasteiger partial charge in [-0.25, -0.2) is 0 Å². The lowest BCUT2D eigenvalue weighted by molar-refractivity contribution is 0.400. The minimum Gasteiger partial charge on any atom is -0.495 e. The first-order valence-corrected chi connectivity index (χ1v) is 8.75. The highest BCUT2D eigenvalue weighted by molar-refractivity contribution is 8.07. The number of hydrogen-bond donors (Lipinski definition) is 0. The standard InChI is InChI=1S/C18H19NO5S/c1-19(2)9-13(25-5)12-8-11(20)14-15(21-3)10-6-7-23-16(10)18(22-4)17(14)24-12/h6-9H,1-5H3/b13-9+. The molecular formula is C18H19NO5S. The van der Waals surface area contributed by atoms with E-state index >= 15 is 0 Å². The van der Waals surface area contributed by atoms with Crippen LogP contribution in [-0.4, -0.2) is 39.5 Å². The van der Waals surface area contributed by atoms with Crippen LogP contribution in [0.5, 0.6) is 11.5 Å². The van der Waals surface area contributed by atoms with Crippen molar-refractivity contribution in [1.29, 1.82) is 0 Å². The summed E-state index contributed by atoms with van der Waals surface area (Å²) in [5.41, 5.74) is 0.589. The van der Waals surface area contributed by atoms with Gasteiger partial charge in [-0.3, -0.25) is 4.79 Å². The topological polar surface area (TPSA) is 65.1 Å². The van der Waals surface area contributed by atoms with Crippen LogP contribution >= 0.6 is 11.8 Å². The Morgan fingerprint density at radius 3 is 2.52 bits per heavy atom. The molecule has 2 heterocycles. The molecule has 0 aliphatic rings. The monoisotopic (exact) mass is 361 g/mol. The lowest BCUT2D eigenvalue weighted by Crippen LogP contribution is -2.07. The Balaban J connectivity index is 2.45. The molecule has 3 aromatic rings. The number of hydrogen-bond acceptors (Lipinski definition) is 7. The van der Waals surface area contributed by atoms with Crippen LogP contribution in [0, 0.1) is 0 Å². The highest BCUT2D eigenvalue weighted by Gasteiger charge is 2.23. The minimum atomic E-state index is -0.201. The molecule has 0 atom stereocenters. The Labute approximate surface area is 149 Å². The van der Waals surface area contributed by atoms with Crippen LogP contribution in [0.3, 0.4) is 0 Å². The quantitative estimate of drug-likeness (QED) is 0.685. The minimum absolute atomic E-state index is 0.201. The average molecular weight is 361 g/mol. The van der Waals surface area contributed by atoms with Gasteiger partial charge >= 0.3 is 0 Å². The second-order valence-electron chi connectivity index (χ2n) is 5.57. The molecule has 6 nitrogen and oxygen atoms in total. The van der Waals surface area contributed by atoms with Gasteiger partial charge in [-0.05, 0) is 12.3 Å². The van der Waals surface area contributed by atoms with Crippen LogP contribution in [0.1, 0.15) is 5.76 Å². The molecule has 0 saturated carbocycles. The molecule has 0 fully saturated rings. The van der Waals surface area contributed by atoms with Crippen molar-refractivity contribution < 1.29 is 18.3 Å². The summed E-state index contributed by atoms with van der Waals surface area (Å²) in [7, 11) is 6.85. The molecular weight excluding hydrogens is 342 g/mol. The summed E-state index contributed by atoms with van der Waals surface area (Å²) in [5, 5.41) is 1.00. The van der Waals surface area contributed by atoms with Gasteiger partial charge in [0.2, 0.25) is 5.75 Å². The number of methoxy groups -OCH3 is 2. The van der Waals surface area contributed by atoms with Crippen molar-refractivity contribution >= 4 is 38.6 Å². The third-order valence-corrected chi connectivity index (χ3v) is 4.49. The molecule has 2 aromatic heterocycles. The van der Waals surface area contributed by atoms with Gasteiger partial charge in [0, 0.05) is 26.4 Å². The molecule has 1 aromatic carbocycles. The largest absolute Gasteiger partial charge is 0.495 e. The van der Waals surface area contributed by atoms with Crippen LogP contribution < -0.4 is 14.9 Å². The van der Waals surface area contributed by atoms with Gasteiger partial charge in [0.05, 0.1) is 30.8 Å². The van der Waals surface area contributed by atoms with Crippen LogP contribution in [0.4, 0.5) is 0 Å². The molecule has 25 heavy (non-hydrogen) atoms. The molecule has 0 N–H and O–H groups in total. The van der Waals surface area contributed by atoms with Crippen molar-refractivity contribution in [3.63, 3.8) is 0 Å². The van der Waals surface area contributed by atoms with E-state index in [9.17, 15) is 4.79 Å². The highest BCUT2D eigenvalue weighted by atomic mass is 32.2. The van der Waals surface area contributed by atoms with Crippen LogP contribution in [0.15, 0.2) is 38.2 Å². The highest BCUT2D eigenvalue weighted by Crippen LogP contribution is 2.42. The lowest BCUT2D eigenvalue weighted by Gasteiger charge is -2.13. The van der Waals surface area contributed by atoms with Crippen molar-refractivity contribution in [3.8, 4) is 11.5 Å². The zero-order valence-electron chi connectivity index (χ0n) is 14.7. The van der Waals surface area contributed by atoms with Gasteiger partial charge in [-0.15, -0.1) is 11.8 Å². The van der Waals surface area contributed by atoms with Crippen LogP contribution in [0.25, 0.3) is 26.8 Å². The van der Waals surface area contributed by atoms with E-state index in [1.54, 1.807) is 6.07 Å². The van der Waals surface area contributed by atoms with E-state index in [4.69, 9.17) is 18.3 Å². The van der Waals surface area contributed by atoms with Crippen LogP contribution in [-0.2, 0) is 0 Å². The van der Waals surface area contributed by atoms with Gasteiger partial charge < -0.3 is 23.2 Å². The Kier molecular flexibility index (Phi) is 4.67. The van der Waals surface area contributed by atoms with Crippen molar-refractivity contribution in [1.82, 2.24) is 4.90 Å². The maximum absolute atomic E-state index is 12.8. The number of nitrogens with zero attached hydrogens (tertiary/aromatic N) is 1. The zero-order chi connectivity index (χ0) is 18.1. The number of thioether (sulfide) groups is 1. The number of furan rings is 1. The summed E-state index contributed by atoms with van der Waals surface area (Å²) in [4.78, 5) is 15.6. The fourth-order valence-corrected chi connectivity index (χ4v) is 3.36. The van der Waals surface area contributed by atoms with Crippen molar-refractivity contribution in [2.75, 3.05) is 34.6 Å². The summed E-state index contributed by atoms with van der Waals surface area (Å²) in [6.45, 7) is 0. The van der Waals surface area contributed by atoms with E-state index in [0.717, 1.165) is 4.91 Å². The molecule has 0 spiro atoms. The Hall–Kier alpha value is -2.54.